The van der Waals surface area contributed by atoms with Gasteiger partial charge < -0.3 is 0 Å². The Kier molecular flexibility index (Phi) is 4.50. The number of nitrogens with two attached hydrogens (primary N) is 1. The molecule has 0 aliphatic heterocycles. The van der Waals surface area contributed by atoms with E-state index in [9.17, 15) is 8.42 Å². The molecule has 1 aromatic rings. The molecule has 0 saturated carbocycles. The molecule has 3 nitrogen and oxygen atoms in total. The largest absolute Gasteiger partial charge is 0.238 e. The van der Waals surface area contributed by atoms with Crippen molar-refractivity contribution in [2.75, 3.05) is 0 Å². The Morgan fingerprint density at radius 2 is 1.94 bits per heavy atom. The van der Waals surface area contributed by atoms with Gasteiger partial charge in [0.05, 0.1) is 4.90 Å². The van der Waals surface area contributed by atoms with E-state index >= 15 is 0 Å². The van der Waals surface area contributed by atoms with Gasteiger partial charge in [0.25, 0.3) is 0 Å². The Morgan fingerprint density at radius 1 is 1.25 bits per heavy atom. The summed E-state index contributed by atoms with van der Waals surface area (Å²) < 4.78 is 22.4. The first-order valence-corrected chi connectivity index (χ1v) is 6.97. The number of sulfonamides is 1. The fourth-order valence-electron chi connectivity index (χ4n) is 1.72. The van der Waals surface area contributed by atoms with E-state index in [2.05, 4.69) is 13.8 Å². The van der Waals surface area contributed by atoms with Gasteiger partial charge in [0, 0.05) is 0 Å². The van der Waals surface area contributed by atoms with Gasteiger partial charge in [-0.25, -0.2) is 13.6 Å². The highest BCUT2D eigenvalue weighted by atomic mass is 32.2. The van der Waals surface area contributed by atoms with E-state index in [-0.39, 0.29) is 4.90 Å². The predicted octanol–water partition coefficient (Wildman–Crippen LogP) is 2.05. The third-order valence-electron chi connectivity index (χ3n) is 2.47. The molecule has 0 amide bonds. The quantitative estimate of drug-likeness (QED) is 0.856. The van der Waals surface area contributed by atoms with Gasteiger partial charge in [-0.2, -0.15) is 0 Å². The highest BCUT2D eigenvalue weighted by Gasteiger charge is 2.10. The molecule has 0 aliphatic carbocycles. The van der Waals surface area contributed by atoms with Crippen molar-refractivity contribution in [1.29, 1.82) is 0 Å². The van der Waals surface area contributed by atoms with Crippen molar-refractivity contribution < 1.29 is 8.42 Å². The molecule has 4 heteroatoms. The van der Waals surface area contributed by atoms with Gasteiger partial charge in [0.2, 0.25) is 10.0 Å². The monoisotopic (exact) mass is 240 g/mol. The maximum Gasteiger partial charge on any atom is 0.238 e. The topological polar surface area (TPSA) is 60.2 Å². The van der Waals surface area contributed by atoms with Gasteiger partial charge in [0.15, 0.2) is 0 Å². The molecule has 0 spiro atoms. The number of aryl methyl sites for hydroxylation is 2. The van der Waals surface area contributed by atoms with Crippen molar-refractivity contribution in [1.82, 2.24) is 0 Å². The molecule has 0 heterocycles. The first-order valence-electron chi connectivity index (χ1n) is 5.43. The highest BCUT2D eigenvalue weighted by molar-refractivity contribution is 7.89. The van der Waals surface area contributed by atoms with Crippen LogP contribution in [0.25, 0.3) is 0 Å². The number of primary sulfonamides is 1. The Bertz CT molecular complexity index is 452. The molecule has 0 unspecified atom stereocenters. The summed E-state index contributed by atoms with van der Waals surface area (Å²) in [5, 5.41) is 5.10. The van der Waals surface area contributed by atoms with Crippen LogP contribution in [-0.4, -0.2) is 8.42 Å². The number of benzene rings is 1. The molecule has 1 rings (SSSR count). The van der Waals surface area contributed by atoms with Gasteiger partial charge in [-0.05, 0) is 42.5 Å². The maximum atomic E-state index is 11.2. The van der Waals surface area contributed by atoms with Gasteiger partial charge >= 0.3 is 0 Å². The fourth-order valence-corrected chi connectivity index (χ4v) is 2.28. The lowest BCUT2D eigenvalue weighted by Gasteiger charge is -2.09. The Morgan fingerprint density at radius 3 is 2.44 bits per heavy atom. The van der Waals surface area contributed by atoms with Gasteiger partial charge in [-0.1, -0.05) is 26.3 Å². The van der Waals surface area contributed by atoms with Crippen LogP contribution < -0.4 is 5.14 Å². The van der Waals surface area contributed by atoms with Gasteiger partial charge in [0.1, 0.15) is 0 Å². The van der Waals surface area contributed by atoms with Crippen LogP contribution in [0.3, 0.4) is 0 Å². The number of hydrogen-bond donors (Lipinski definition) is 1. The predicted molar refractivity (Wildman–Crippen MR) is 65.5 cm³/mol. The van der Waals surface area contributed by atoms with Crippen molar-refractivity contribution in [3.8, 4) is 0 Å². The molecule has 0 atom stereocenters. The SMILES string of the molecule is [CH2]CCc1cc(S(N)(=O)=O)ccc1CCC. The molecule has 1 radical (unpaired) electrons. The summed E-state index contributed by atoms with van der Waals surface area (Å²) in [7, 11) is -3.60. The second kappa shape index (κ2) is 5.46. The minimum absolute atomic E-state index is 0.191. The van der Waals surface area contributed by atoms with Crippen LogP contribution in [0.4, 0.5) is 0 Å². The summed E-state index contributed by atoms with van der Waals surface area (Å²) >= 11 is 0. The van der Waals surface area contributed by atoms with Crippen LogP contribution in [-0.2, 0) is 22.9 Å². The second-order valence-corrected chi connectivity index (χ2v) is 5.39. The Balaban J connectivity index is 3.17. The normalized spacial score (nSPS) is 11.7. The van der Waals surface area contributed by atoms with E-state index in [0.29, 0.717) is 0 Å². The maximum absolute atomic E-state index is 11.2. The molecule has 1 aromatic carbocycles. The molecule has 16 heavy (non-hydrogen) atoms. The molecule has 0 fully saturated rings. The third-order valence-corrected chi connectivity index (χ3v) is 3.38. The average Bonchev–Trinajstić information content (AvgIpc) is 2.19. The van der Waals surface area contributed by atoms with Crippen LogP contribution in [0.2, 0.25) is 0 Å². The van der Waals surface area contributed by atoms with E-state index in [4.69, 9.17) is 5.14 Å². The summed E-state index contributed by atoms with van der Waals surface area (Å²) in [4.78, 5) is 0.191. The lowest BCUT2D eigenvalue weighted by molar-refractivity contribution is 0.597. The van der Waals surface area contributed by atoms with Crippen LogP contribution >= 0.6 is 0 Å². The summed E-state index contributed by atoms with van der Waals surface area (Å²) in [6.45, 7) is 5.89. The lowest BCUT2D eigenvalue weighted by atomic mass is 10.00. The first kappa shape index (κ1) is 13.2. The molecule has 0 aromatic heterocycles. The minimum atomic E-state index is -3.60. The zero-order chi connectivity index (χ0) is 12.2. The summed E-state index contributed by atoms with van der Waals surface area (Å²) in [6, 6.07) is 5.10. The molecular weight excluding hydrogens is 222 g/mol. The van der Waals surface area contributed by atoms with Crippen molar-refractivity contribution in [2.45, 2.75) is 37.5 Å². The molecule has 2 N–H and O–H groups in total. The van der Waals surface area contributed by atoms with Crippen LogP contribution in [0.15, 0.2) is 23.1 Å². The first-order chi connectivity index (χ1) is 7.49. The smallest absolute Gasteiger partial charge is 0.225 e. The van der Waals surface area contributed by atoms with E-state index < -0.39 is 10.0 Å². The number of rotatable bonds is 5. The van der Waals surface area contributed by atoms with E-state index in [0.717, 1.165) is 31.2 Å². The Hall–Kier alpha value is -0.870. The second-order valence-electron chi connectivity index (χ2n) is 3.83. The summed E-state index contributed by atoms with van der Waals surface area (Å²) in [6.07, 6.45) is 3.54. The fraction of sp³-hybridized carbons (Fsp3) is 0.417. The molecule has 0 saturated heterocycles. The van der Waals surface area contributed by atoms with Gasteiger partial charge in [-0.15, -0.1) is 0 Å². The van der Waals surface area contributed by atoms with E-state index in [1.807, 2.05) is 6.07 Å². The van der Waals surface area contributed by atoms with E-state index in [1.54, 1.807) is 12.1 Å². The Labute approximate surface area is 97.7 Å². The molecule has 0 bridgehead atoms. The lowest BCUT2D eigenvalue weighted by Crippen LogP contribution is -2.13. The average molecular weight is 240 g/mol. The van der Waals surface area contributed by atoms with Crippen molar-refractivity contribution in [3.63, 3.8) is 0 Å². The van der Waals surface area contributed by atoms with Gasteiger partial charge in [-0.3, -0.25) is 0 Å². The third kappa shape index (κ3) is 3.32. The standard InChI is InChI=1S/C12H18NO2S/c1-3-5-10-7-8-12(16(13,14)15)9-11(10)6-4-2/h7-9H,2-6H2,1H3,(H2,13,14,15). The van der Waals surface area contributed by atoms with Crippen molar-refractivity contribution in [3.05, 3.63) is 36.2 Å². The van der Waals surface area contributed by atoms with Crippen LogP contribution in [0.5, 0.6) is 0 Å². The van der Waals surface area contributed by atoms with Crippen molar-refractivity contribution >= 4 is 10.0 Å². The summed E-state index contributed by atoms with van der Waals surface area (Å²) in [5.74, 6) is 0. The molecule has 0 aliphatic rings. The zero-order valence-electron chi connectivity index (χ0n) is 9.57. The van der Waals surface area contributed by atoms with E-state index in [1.165, 1.54) is 5.56 Å². The van der Waals surface area contributed by atoms with Crippen molar-refractivity contribution in [2.24, 2.45) is 5.14 Å². The molecule has 89 valence electrons. The highest BCUT2D eigenvalue weighted by Crippen LogP contribution is 2.18. The number of hydrogen-bond acceptors (Lipinski definition) is 2. The minimum Gasteiger partial charge on any atom is -0.225 e. The zero-order valence-corrected chi connectivity index (χ0v) is 10.4. The summed E-state index contributed by atoms with van der Waals surface area (Å²) in [5.41, 5.74) is 2.24. The van der Waals surface area contributed by atoms with Crippen LogP contribution in [0, 0.1) is 6.92 Å². The molecular formula is C12H18NO2S. The van der Waals surface area contributed by atoms with Crippen LogP contribution in [0.1, 0.15) is 30.9 Å².